The van der Waals surface area contributed by atoms with Gasteiger partial charge in [-0.25, -0.2) is 4.98 Å². The van der Waals surface area contributed by atoms with Gasteiger partial charge in [0, 0.05) is 22.2 Å². The fraction of sp³-hybridized carbons (Fsp3) is 0.167. The van der Waals surface area contributed by atoms with Crippen LogP contribution in [0.1, 0.15) is 36.7 Å². The van der Waals surface area contributed by atoms with Crippen molar-refractivity contribution in [1.82, 2.24) is 9.55 Å². The van der Waals surface area contributed by atoms with Crippen molar-refractivity contribution in [3.63, 3.8) is 0 Å². The van der Waals surface area contributed by atoms with Gasteiger partial charge in [0.15, 0.2) is 5.78 Å². The number of aromatic nitrogens is 2. The molecule has 6 nitrogen and oxygen atoms in total. The Kier molecular flexibility index (Phi) is 5.77. The summed E-state index contributed by atoms with van der Waals surface area (Å²) in [6.07, 6.45) is 1.85. The zero-order chi connectivity index (χ0) is 22.0. The van der Waals surface area contributed by atoms with Crippen LogP contribution in [0.5, 0.6) is 0 Å². The highest BCUT2D eigenvalue weighted by atomic mass is 32.1. The topological polar surface area (TPSA) is 81.1 Å². The Morgan fingerprint density at radius 3 is 2.61 bits per heavy atom. The van der Waals surface area contributed by atoms with Gasteiger partial charge in [0.05, 0.1) is 11.7 Å². The Bertz CT molecular complexity index is 1320. The van der Waals surface area contributed by atoms with Crippen molar-refractivity contribution in [3.8, 4) is 11.1 Å². The van der Waals surface area contributed by atoms with E-state index in [4.69, 9.17) is 0 Å². The van der Waals surface area contributed by atoms with Gasteiger partial charge in [-0.1, -0.05) is 49.4 Å². The maximum Gasteiger partial charge on any atom is 0.263 e. The minimum Gasteiger partial charge on any atom is -0.324 e. The van der Waals surface area contributed by atoms with E-state index >= 15 is 0 Å². The summed E-state index contributed by atoms with van der Waals surface area (Å²) in [6, 6.07) is 15.7. The van der Waals surface area contributed by atoms with Gasteiger partial charge in [-0.3, -0.25) is 19.0 Å². The molecule has 156 valence electrons. The molecule has 0 aliphatic rings. The van der Waals surface area contributed by atoms with Crippen LogP contribution in [0, 0.1) is 0 Å². The molecule has 4 aromatic rings. The van der Waals surface area contributed by atoms with Gasteiger partial charge in [-0.2, -0.15) is 0 Å². The second-order valence-corrected chi connectivity index (χ2v) is 8.06. The van der Waals surface area contributed by atoms with Crippen LogP contribution in [0.25, 0.3) is 21.3 Å². The summed E-state index contributed by atoms with van der Waals surface area (Å²) in [5, 5.41) is 5.27. The molecule has 7 heteroatoms. The predicted octanol–water partition coefficient (Wildman–Crippen LogP) is 4.92. The van der Waals surface area contributed by atoms with Crippen molar-refractivity contribution in [2.75, 3.05) is 5.32 Å². The number of Topliss-reactive ketones (excluding diaryl/α,β-unsaturated/α-hetero) is 1. The van der Waals surface area contributed by atoms with Gasteiger partial charge in [0.2, 0.25) is 5.91 Å². The molecule has 0 bridgehead atoms. The summed E-state index contributed by atoms with van der Waals surface area (Å²) in [6.45, 7) is 3.32. The minimum absolute atomic E-state index is 0.0834. The number of hydrogen-bond acceptors (Lipinski definition) is 5. The second-order valence-electron chi connectivity index (χ2n) is 7.20. The first-order valence-electron chi connectivity index (χ1n) is 9.95. The number of carbonyl (C=O) groups is 2. The van der Waals surface area contributed by atoms with E-state index in [9.17, 15) is 14.4 Å². The van der Waals surface area contributed by atoms with Crippen LogP contribution < -0.4 is 10.9 Å². The Hall–Kier alpha value is -3.58. The summed E-state index contributed by atoms with van der Waals surface area (Å²) < 4.78 is 1.39. The summed E-state index contributed by atoms with van der Waals surface area (Å²) in [5.74, 6) is -0.414. The van der Waals surface area contributed by atoms with Gasteiger partial charge in [0.1, 0.15) is 10.9 Å². The van der Waals surface area contributed by atoms with Gasteiger partial charge >= 0.3 is 0 Å². The smallest absolute Gasteiger partial charge is 0.263 e. The molecule has 4 rings (SSSR count). The Morgan fingerprint density at radius 2 is 1.90 bits per heavy atom. The van der Waals surface area contributed by atoms with Crippen LogP contribution in [-0.2, 0) is 4.79 Å². The maximum atomic E-state index is 13.4. The predicted molar refractivity (Wildman–Crippen MR) is 124 cm³/mol. The number of nitrogens with one attached hydrogen (secondary N) is 1. The third-order valence-electron chi connectivity index (χ3n) is 5.17. The molecular formula is C24H21N3O3S. The molecule has 2 aromatic heterocycles. The maximum absolute atomic E-state index is 13.4. The number of nitrogens with zero attached hydrogens (tertiary/aromatic N) is 2. The lowest BCUT2D eigenvalue weighted by atomic mass is 10.1. The first-order valence-corrected chi connectivity index (χ1v) is 10.8. The van der Waals surface area contributed by atoms with Crippen molar-refractivity contribution in [2.45, 2.75) is 26.3 Å². The molecule has 1 N–H and O–H groups in total. The molecule has 0 aliphatic heterocycles. The van der Waals surface area contributed by atoms with Crippen LogP contribution in [0.2, 0.25) is 0 Å². The highest BCUT2D eigenvalue weighted by Crippen LogP contribution is 2.30. The van der Waals surface area contributed by atoms with Crippen LogP contribution in [0.15, 0.2) is 71.1 Å². The lowest BCUT2D eigenvalue weighted by Gasteiger charge is -2.18. The van der Waals surface area contributed by atoms with Crippen molar-refractivity contribution in [1.29, 1.82) is 0 Å². The fourth-order valence-corrected chi connectivity index (χ4v) is 4.45. The summed E-state index contributed by atoms with van der Waals surface area (Å²) in [7, 11) is 0. The Labute approximate surface area is 183 Å². The standard InChI is InChI=1S/C24H21N3O3S/c1-3-20(22(29)26-18-11-7-10-17(12-18)15(2)28)27-14-25-23-21(24(27)30)19(13-31-23)16-8-5-4-6-9-16/h4-14,20H,3H2,1-2H3,(H,26,29). The van der Waals surface area contributed by atoms with Crippen LogP contribution >= 0.6 is 11.3 Å². The van der Waals surface area contributed by atoms with Crippen molar-refractivity contribution < 1.29 is 9.59 Å². The van der Waals surface area contributed by atoms with E-state index in [1.807, 2.05) is 42.6 Å². The quantitative estimate of drug-likeness (QED) is 0.440. The SMILES string of the molecule is CCC(C(=O)Nc1cccc(C(C)=O)c1)n1cnc2scc(-c3ccccc3)c2c1=O. The number of hydrogen-bond donors (Lipinski definition) is 1. The van der Waals surface area contributed by atoms with Crippen LogP contribution in [0.3, 0.4) is 0 Å². The molecule has 0 spiro atoms. The number of amides is 1. The third-order valence-corrected chi connectivity index (χ3v) is 6.05. The molecule has 1 amide bonds. The van der Waals surface area contributed by atoms with E-state index in [0.29, 0.717) is 27.9 Å². The van der Waals surface area contributed by atoms with Gasteiger partial charge in [-0.15, -0.1) is 11.3 Å². The zero-order valence-corrected chi connectivity index (χ0v) is 18.0. The van der Waals surface area contributed by atoms with Crippen molar-refractivity contribution in [3.05, 3.63) is 82.2 Å². The van der Waals surface area contributed by atoms with E-state index in [-0.39, 0.29) is 17.2 Å². The first kappa shape index (κ1) is 20.7. The highest BCUT2D eigenvalue weighted by Gasteiger charge is 2.23. The number of thiophene rings is 1. The average molecular weight is 432 g/mol. The molecule has 0 aliphatic carbocycles. The molecule has 1 atom stereocenters. The molecule has 2 heterocycles. The van der Waals surface area contributed by atoms with Crippen molar-refractivity contribution in [2.24, 2.45) is 0 Å². The molecule has 1 unspecified atom stereocenters. The monoisotopic (exact) mass is 431 g/mol. The zero-order valence-electron chi connectivity index (χ0n) is 17.2. The van der Waals surface area contributed by atoms with E-state index in [0.717, 1.165) is 11.1 Å². The molecule has 31 heavy (non-hydrogen) atoms. The summed E-state index contributed by atoms with van der Waals surface area (Å²) >= 11 is 1.41. The van der Waals surface area contributed by atoms with Gasteiger partial charge in [-0.05, 0) is 31.0 Å². The molecular weight excluding hydrogens is 410 g/mol. The van der Waals surface area contributed by atoms with E-state index in [2.05, 4.69) is 10.3 Å². The summed E-state index contributed by atoms with van der Waals surface area (Å²) in [5.41, 5.74) is 2.53. The highest BCUT2D eigenvalue weighted by molar-refractivity contribution is 7.17. The first-order chi connectivity index (χ1) is 15.0. The molecule has 0 radical (unpaired) electrons. The van der Waals surface area contributed by atoms with Crippen molar-refractivity contribution >= 4 is 38.9 Å². The third kappa shape index (κ3) is 4.04. The van der Waals surface area contributed by atoms with Gasteiger partial charge < -0.3 is 5.32 Å². The van der Waals surface area contributed by atoms with Crippen LogP contribution in [0.4, 0.5) is 5.69 Å². The number of benzene rings is 2. The average Bonchev–Trinajstić information content (AvgIpc) is 3.21. The Balaban J connectivity index is 1.72. The normalized spacial score (nSPS) is 11.9. The van der Waals surface area contributed by atoms with Gasteiger partial charge in [0.25, 0.3) is 5.56 Å². The lowest BCUT2D eigenvalue weighted by molar-refractivity contribution is -0.119. The molecule has 0 fully saturated rings. The lowest BCUT2D eigenvalue weighted by Crippen LogP contribution is -2.33. The Morgan fingerprint density at radius 1 is 1.13 bits per heavy atom. The number of fused-ring (bicyclic) bond motifs is 1. The second kappa shape index (κ2) is 8.65. The minimum atomic E-state index is -0.728. The largest absolute Gasteiger partial charge is 0.324 e. The number of carbonyl (C=O) groups excluding carboxylic acids is 2. The van der Waals surface area contributed by atoms with Crippen LogP contribution in [-0.4, -0.2) is 21.2 Å². The van der Waals surface area contributed by atoms with E-state index in [1.54, 1.807) is 24.3 Å². The molecule has 0 saturated heterocycles. The van der Waals surface area contributed by atoms with E-state index < -0.39 is 6.04 Å². The number of rotatable bonds is 6. The summed E-state index contributed by atoms with van der Waals surface area (Å²) in [4.78, 5) is 43.1. The van der Waals surface area contributed by atoms with E-state index in [1.165, 1.54) is 29.2 Å². The molecule has 0 saturated carbocycles. The number of anilines is 1. The fourth-order valence-electron chi connectivity index (χ4n) is 3.55. The molecule has 2 aromatic carbocycles. The number of ketones is 1.